The van der Waals surface area contributed by atoms with Crippen LogP contribution in [0.3, 0.4) is 0 Å². The summed E-state index contributed by atoms with van der Waals surface area (Å²) in [5.41, 5.74) is -0.908. The molecule has 0 saturated carbocycles. The Hall–Kier alpha value is -1.61. The highest BCUT2D eigenvalue weighted by Crippen LogP contribution is 2.52. The second-order valence-corrected chi connectivity index (χ2v) is 12.0. The molecule has 1 aromatic rings. The van der Waals surface area contributed by atoms with E-state index in [4.69, 9.17) is 9.47 Å². The molecule has 190 valence electrons. The van der Waals surface area contributed by atoms with Gasteiger partial charge in [0.15, 0.2) is 12.2 Å². The summed E-state index contributed by atoms with van der Waals surface area (Å²) in [6.45, 7) is 11.5. The predicted octanol–water partition coefficient (Wildman–Crippen LogP) is 4.44. The van der Waals surface area contributed by atoms with Gasteiger partial charge in [0.1, 0.15) is 11.4 Å². The van der Waals surface area contributed by atoms with E-state index in [1.165, 1.54) is 11.3 Å². The van der Waals surface area contributed by atoms with E-state index in [1.807, 2.05) is 33.1 Å². The first-order valence-corrected chi connectivity index (χ1v) is 13.1. The number of esters is 1. The van der Waals surface area contributed by atoms with Gasteiger partial charge in [-0.2, -0.15) is 0 Å². The minimum atomic E-state index is -1.80. The maximum atomic E-state index is 13.1. The molecule has 34 heavy (non-hydrogen) atoms. The number of ether oxygens (including phenoxy) is 2. The molecule has 2 N–H and O–H groups in total. The van der Waals surface area contributed by atoms with Gasteiger partial charge in [-0.15, -0.1) is 11.3 Å². The van der Waals surface area contributed by atoms with Crippen LogP contribution < -0.4 is 0 Å². The van der Waals surface area contributed by atoms with Crippen molar-refractivity contribution >= 4 is 29.2 Å². The van der Waals surface area contributed by atoms with Gasteiger partial charge >= 0.3 is 5.97 Å². The van der Waals surface area contributed by atoms with Crippen LogP contribution in [0.2, 0.25) is 0 Å². The number of aliphatic hydroxyl groups is 2. The molecule has 3 rings (SSSR count). The standard InChI is InChI=1S/C26H39NO6S/c1-16-8-7-12-25(6)26(31,33-25)23(30)20(10-9-19-15-34-18(3)27-19)32-21(28)11-13-24(4,5)22(29)17(2)14-16/h9-10,15-17,20,23,30-31H,7-8,11-14H2,1-6H3. The van der Waals surface area contributed by atoms with E-state index in [-0.39, 0.29) is 18.1 Å². The number of aromatic nitrogens is 1. The molecular weight excluding hydrogens is 454 g/mol. The van der Waals surface area contributed by atoms with Crippen molar-refractivity contribution in [1.29, 1.82) is 0 Å². The van der Waals surface area contributed by atoms with Crippen LogP contribution in [-0.2, 0) is 19.1 Å². The Morgan fingerprint density at radius 1 is 1.21 bits per heavy atom. The van der Waals surface area contributed by atoms with Gasteiger partial charge in [0.05, 0.1) is 10.7 Å². The molecule has 7 nitrogen and oxygen atoms in total. The number of epoxide rings is 1. The Labute approximate surface area is 206 Å². The number of fused-ring (bicyclic) bond motifs is 1. The zero-order chi connectivity index (χ0) is 25.3. The van der Waals surface area contributed by atoms with Crippen molar-refractivity contribution in [2.24, 2.45) is 17.3 Å². The number of aryl methyl sites for hydroxylation is 1. The van der Waals surface area contributed by atoms with Crippen LogP contribution in [0.15, 0.2) is 11.5 Å². The maximum Gasteiger partial charge on any atom is 0.306 e. The van der Waals surface area contributed by atoms with E-state index in [2.05, 4.69) is 11.9 Å². The molecule has 2 saturated heterocycles. The largest absolute Gasteiger partial charge is 0.455 e. The number of thiazole rings is 1. The minimum Gasteiger partial charge on any atom is -0.455 e. The monoisotopic (exact) mass is 493 g/mol. The number of carbonyl (C=O) groups excluding carboxylic acids is 2. The fraction of sp³-hybridized carbons (Fsp3) is 0.731. The van der Waals surface area contributed by atoms with E-state index in [0.717, 1.165) is 24.3 Å². The van der Waals surface area contributed by atoms with Crippen molar-refractivity contribution in [3.8, 4) is 0 Å². The lowest BCUT2D eigenvalue weighted by molar-refractivity contribution is -0.164. The number of hydrogen-bond donors (Lipinski definition) is 2. The molecule has 0 spiro atoms. The molecule has 0 bridgehead atoms. The number of aliphatic hydroxyl groups excluding tert-OH is 1. The van der Waals surface area contributed by atoms with Crippen molar-refractivity contribution in [1.82, 2.24) is 4.98 Å². The molecule has 0 aliphatic carbocycles. The summed E-state index contributed by atoms with van der Waals surface area (Å²) in [5, 5.41) is 24.9. The quantitative estimate of drug-likeness (QED) is 0.463. The first kappa shape index (κ1) is 27.0. The predicted molar refractivity (Wildman–Crippen MR) is 131 cm³/mol. The number of nitrogens with zero attached hydrogens (tertiary/aromatic N) is 1. The van der Waals surface area contributed by atoms with Gasteiger partial charge in [0.25, 0.3) is 0 Å². The summed E-state index contributed by atoms with van der Waals surface area (Å²) in [6, 6.07) is 0. The van der Waals surface area contributed by atoms with Crippen LogP contribution in [0.25, 0.3) is 6.08 Å². The summed E-state index contributed by atoms with van der Waals surface area (Å²) in [5.74, 6) is -1.95. The molecule has 0 amide bonds. The SMILES string of the molecule is Cc1nc(C=CC2OC(=O)CCC(C)(C)C(=O)C(C)CC(C)CCCC3(C)OC3(O)C2O)cs1. The summed E-state index contributed by atoms with van der Waals surface area (Å²) in [6.07, 6.45) is 4.02. The number of ketones is 1. The molecule has 2 fully saturated rings. The Balaban J connectivity index is 1.84. The van der Waals surface area contributed by atoms with Gasteiger partial charge in [-0.1, -0.05) is 40.5 Å². The summed E-state index contributed by atoms with van der Waals surface area (Å²) >= 11 is 1.49. The molecule has 6 atom stereocenters. The second-order valence-electron chi connectivity index (χ2n) is 11.0. The van der Waals surface area contributed by atoms with Crippen LogP contribution in [0.4, 0.5) is 0 Å². The zero-order valence-electron chi connectivity index (χ0n) is 21.2. The maximum absolute atomic E-state index is 13.1. The lowest BCUT2D eigenvalue weighted by Crippen LogP contribution is -2.45. The molecule has 0 aromatic carbocycles. The summed E-state index contributed by atoms with van der Waals surface area (Å²) in [7, 11) is 0. The molecule has 2 aliphatic heterocycles. The highest BCUT2D eigenvalue weighted by atomic mass is 32.1. The van der Waals surface area contributed by atoms with Crippen LogP contribution >= 0.6 is 11.3 Å². The van der Waals surface area contributed by atoms with Crippen LogP contribution in [0.5, 0.6) is 0 Å². The number of rotatable bonds is 2. The van der Waals surface area contributed by atoms with E-state index in [1.54, 1.807) is 19.1 Å². The first-order chi connectivity index (χ1) is 15.8. The molecule has 2 aliphatic rings. The topological polar surface area (TPSA) is 109 Å². The van der Waals surface area contributed by atoms with E-state index in [9.17, 15) is 19.8 Å². The molecule has 6 unspecified atom stereocenters. The van der Waals surface area contributed by atoms with E-state index in [0.29, 0.717) is 24.5 Å². The average molecular weight is 494 g/mol. The summed E-state index contributed by atoms with van der Waals surface area (Å²) < 4.78 is 11.3. The lowest BCUT2D eigenvalue weighted by Gasteiger charge is -2.29. The van der Waals surface area contributed by atoms with E-state index < -0.39 is 35.0 Å². The molecule has 8 heteroatoms. The van der Waals surface area contributed by atoms with Gasteiger partial charge in [0.2, 0.25) is 5.79 Å². The molecule has 0 radical (unpaired) electrons. The number of cyclic esters (lactones) is 1. The van der Waals surface area contributed by atoms with Crippen molar-refractivity contribution in [3.63, 3.8) is 0 Å². The van der Waals surface area contributed by atoms with Crippen molar-refractivity contribution in [2.75, 3.05) is 0 Å². The third kappa shape index (κ3) is 5.96. The van der Waals surface area contributed by atoms with Crippen molar-refractivity contribution in [2.45, 2.75) is 104 Å². The normalized spacial score (nSPS) is 37.9. The van der Waals surface area contributed by atoms with E-state index >= 15 is 0 Å². The van der Waals surface area contributed by atoms with Gasteiger partial charge < -0.3 is 19.7 Å². The molecule has 3 heterocycles. The Kier molecular flexibility index (Phi) is 8.07. The zero-order valence-corrected chi connectivity index (χ0v) is 22.0. The lowest BCUT2D eigenvalue weighted by atomic mass is 9.75. The van der Waals surface area contributed by atoms with Gasteiger partial charge in [-0.05, 0) is 51.2 Å². The Morgan fingerprint density at radius 3 is 2.56 bits per heavy atom. The van der Waals surface area contributed by atoms with Gasteiger partial charge in [-0.25, -0.2) is 4.98 Å². The number of hydrogen-bond acceptors (Lipinski definition) is 8. The second kappa shape index (κ2) is 10.2. The fourth-order valence-electron chi connectivity index (χ4n) is 5.03. The third-order valence-electron chi connectivity index (χ3n) is 7.35. The molecular formula is C26H39NO6S. The minimum absolute atomic E-state index is 0.0322. The molecule has 1 aromatic heterocycles. The average Bonchev–Trinajstić information content (AvgIpc) is 3.08. The number of carbonyl (C=O) groups is 2. The fourth-order valence-corrected chi connectivity index (χ4v) is 5.62. The highest BCUT2D eigenvalue weighted by molar-refractivity contribution is 7.09. The van der Waals surface area contributed by atoms with Crippen molar-refractivity contribution < 1.29 is 29.3 Å². The van der Waals surface area contributed by atoms with Gasteiger partial charge in [0, 0.05) is 23.1 Å². The van der Waals surface area contributed by atoms with Crippen LogP contribution in [-0.4, -0.2) is 50.5 Å². The first-order valence-electron chi connectivity index (χ1n) is 12.2. The van der Waals surface area contributed by atoms with Crippen LogP contribution in [0.1, 0.15) is 83.8 Å². The third-order valence-corrected chi connectivity index (χ3v) is 8.14. The Morgan fingerprint density at radius 2 is 1.91 bits per heavy atom. The number of Topliss-reactive ketones (excluding diaryl/α,β-unsaturated/α-hetero) is 1. The van der Waals surface area contributed by atoms with Crippen molar-refractivity contribution in [3.05, 3.63) is 22.2 Å². The smallest absolute Gasteiger partial charge is 0.306 e. The van der Waals surface area contributed by atoms with Gasteiger partial charge in [-0.3, -0.25) is 9.59 Å². The highest BCUT2D eigenvalue weighted by Gasteiger charge is 2.71. The van der Waals surface area contributed by atoms with Crippen LogP contribution in [0, 0.1) is 24.2 Å². The summed E-state index contributed by atoms with van der Waals surface area (Å²) in [4.78, 5) is 30.2. The Bertz CT molecular complexity index is 926.